The minimum absolute atomic E-state index is 0. The van der Waals surface area contributed by atoms with Crippen LogP contribution in [0.1, 0.15) is 112 Å². The van der Waals surface area contributed by atoms with Gasteiger partial charge in [0, 0.05) is 51.4 Å². The van der Waals surface area contributed by atoms with Crippen molar-refractivity contribution < 1.29 is 32.4 Å². The molecule has 0 unspecified atom stereocenters. The van der Waals surface area contributed by atoms with Crippen molar-refractivity contribution in [2.75, 3.05) is 0 Å². The summed E-state index contributed by atoms with van der Waals surface area (Å²) in [5.41, 5.74) is -1.42. The van der Waals surface area contributed by atoms with Crippen LogP contribution >= 0.6 is 0 Å². The third-order valence-electron chi connectivity index (χ3n) is 5.65. The van der Waals surface area contributed by atoms with E-state index in [0.717, 1.165) is 69.6 Å². The number of benzene rings is 1. The van der Waals surface area contributed by atoms with E-state index in [-0.39, 0.29) is 62.5 Å². The number of hydrogen-bond donors (Lipinski definition) is 2. The first-order valence-corrected chi connectivity index (χ1v) is 12.6. The summed E-state index contributed by atoms with van der Waals surface area (Å²) in [6, 6.07) is 3.00. The Hall–Kier alpha value is -0.294. The molecule has 1 radical (unpaired) electrons. The minimum atomic E-state index is -4.81. The molecule has 0 aromatic heterocycles. The van der Waals surface area contributed by atoms with E-state index in [9.17, 15) is 22.6 Å². The first-order chi connectivity index (χ1) is 14.6. The average molecular weight is 496 g/mol. The average Bonchev–Trinajstić information content (AvgIpc) is 2.72. The van der Waals surface area contributed by atoms with E-state index in [2.05, 4.69) is 13.8 Å². The number of esters is 1. The number of carbonyl (C=O) groups is 2. The van der Waals surface area contributed by atoms with Crippen LogP contribution < -0.4 is 0 Å². The van der Waals surface area contributed by atoms with Crippen LogP contribution in [0.5, 0.6) is 0 Å². The summed E-state index contributed by atoms with van der Waals surface area (Å²) in [7, 11) is -4.81. The predicted octanol–water partition coefficient (Wildman–Crippen LogP) is 5.50. The van der Waals surface area contributed by atoms with E-state index in [1.54, 1.807) is 0 Å². The molecule has 0 spiro atoms. The molecule has 1 aromatic rings. The molecule has 0 aliphatic rings. The first kappa shape index (κ1) is 31.7. The van der Waals surface area contributed by atoms with Crippen molar-refractivity contribution in [3.05, 3.63) is 29.3 Å². The summed E-state index contributed by atoms with van der Waals surface area (Å²) < 4.78 is 39.1. The summed E-state index contributed by atoms with van der Waals surface area (Å²) in [5.74, 6) is -2.23. The minimum Gasteiger partial charge on any atom is -0.478 e. The molecule has 0 aliphatic carbocycles. The molecule has 0 saturated heterocycles. The van der Waals surface area contributed by atoms with Gasteiger partial charge in [-0.2, -0.15) is 8.42 Å². The standard InChI is InChI=1S/C23H36O7S.K/c1-4-7-9-11-15-23(6-3,16-12-10-8-5-2)30-22(26)19-14-13-18(21(24)25)17-20(19)31(27,28)29;/h13-14,17H,4-12,15-16H2,1-3H3,(H,24,25)(H,27,28,29);. The maximum atomic E-state index is 13.0. The van der Waals surface area contributed by atoms with E-state index < -0.39 is 32.6 Å². The zero-order valence-electron chi connectivity index (χ0n) is 19.9. The van der Waals surface area contributed by atoms with Gasteiger partial charge in [-0.05, 0) is 50.3 Å². The van der Waals surface area contributed by atoms with Crippen molar-refractivity contribution in [2.45, 2.75) is 102 Å². The molecule has 0 saturated carbocycles. The smallest absolute Gasteiger partial charge is 0.340 e. The summed E-state index contributed by atoms with van der Waals surface area (Å²) in [5, 5.41) is 9.12. The van der Waals surface area contributed by atoms with Crippen LogP contribution in [0.2, 0.25) is 0 Å². The Bertz CT molecular complexity index is 825. The van der Waals surface area contributed by atoms with E-state index >= 15 is 0 Å². The summed E-state index contributed by atoms with van der Waals surface area (Å²) >= 11 is 0. The second kappa shape index (κ2) is 15.6. The third kappa shape index (κ3) is 10.3. The Morgan fingerprint density at radius 3 is 1.88 bits per heavy atom. The van der Waals surface area contributed by atoms with Gasteiger partial charge in [0.25, 0.3) is 10.1 Å². The van der Waals surface area contributed by atoms with Crippen molar-refractivity contribution in [1.29, 1.82) is 0 Å². The molecule has 0 aliphatic heterocycles. The number of carboxylic acid groups (broad SMARTS) is 1. The number of hydrogen-bond acceptors (Lipinski definition) is 5. The molecule has 0 amide bonds. The third-order valence-corrected chi connectivity index (χ3v) is 6.55. The number of unbranched alkanes of at least 4 members (excludes halogenated alkanes) is 6. The van der Waals surface area contributed by atoms with Gasteiger partial charge in [0.05, 0.1) is 11.1 Å². The molecular weight excluding hydrogens is 459 g/mol. The van der Waals surface area contributed by atoms with E-state index in [4.69, 9.17) is 9.84 Å². The molecule has 0 atom stereocenters. The van der Waals surface area contributed by atoms with Crippen molar-refractivity contribution in [3.63, 3.8) is 0 Å². The Balaban J connectivity index is 0.00000961. The van der Waals surface area contributed by atoms with Crippen LogP contribution in [0, 0.1) is 0 Å². The van der Waals surface area contributed by atoms with Gasteiger partial charge >= 0.3 is 11.9 Å². The van der Waals surface area contributed by atoms with Gasteiger partial charge in [-0.15, -0.1) is 0 Å². The first-order valence-electron chi connectivity index (χ1n) is 11.2. The van der Waals surface area contributed by atoms with Crippen molar-refractivity contribution >= 4 is 73.4 Å². The van der Waals surface area contributed by atoms with Gasteiger partial charge in [-0.3, -0.25) is 4.55 Å². The molecule has 1 aromatic carbocycles. The SMILES string of the molecule is CCCCCCC(CC)(CCCCCC)OC(=O)c1ccc(C(=O)O)cc1S(=O)(=O)O.[K]. The molecule has 32 heavy (non-hydrogen) atoms. The molecule has 0 fully saturated rings. The molecular formula is C23H36KO7S. The monoisotopic (exact) mass is 495 g/mol. The quantitative estimate of drug-likeness (QED) is 0.143. The molecule has 1 rings (SSSR count). The number of ether oxygens (including phenoxy) is 1. The van der Waals surface area contributed by atoms with Crippen molar-refractivity contribution in [2.24, 2.45) is 0 Å². The fraction of sp³-hybridized carbons (Fsp3) is 0.652. The van der Waals surface area contributed by atoms with E-state index in [0.29, 0.717) is 19.3 Å². The molecule has 0 bridgehead atoms. The van der Waals surface area contributed by atoms with Gasteiger partial charge in [0.15, 0.2) is 0 Å². The van der Waals surface area contributed by atoms with Gasteiger partial charge < -0.3 is 9.84 Å². The maximum Gasteiger partial charge on any atom is 0.340 e. The van der Waals surface area contributed by atoms with Gasteiger partial charge in [-0.25, -0.2) is 9.59 Å². The van der Waals surface area contributed by atoms with Crippen LogP contribution in [0.15, 0.2) is 23.1 Å². The number of rotatable bonds is 15. The number of aromatic carboxylic acids is 1. The number of carboxylic acids is 1. The molecule has 9 heteroatoms. The van der Waals surface area contributed by atoms with Gasteiger partial charge in [0.1, 0.15) is 10.5 Å². The number of carbonyl (C=O) groups excluding carboxylic acids is 1. The van der Waals surface area contributed by atoms with Gasteiger partial charge in [-0.1, -0.05) is 59.3 Å². The fourth-order valence-electron chi connectivity index (χ4n) is 3.69. The Morgan fingerprint density at radius 2 is 1.47 bits per heavy atom. The van der Waals surface area contributed by atoms with Crippen molar-refractivity contribution in [1.82, 2.24) is 0 Å². The van der Waals surface area contributed by atoms with Crippen molar-refractivity contribution in [3.8, 4) is 0 Å². The topological polar surface area (TPSA) is 118 Å². The largest absolute Gasteiger partial charge is 0.478 e. The Kier molecular flexibility index (Phi) is 15.4. The Labute approximate surface area is 234 Å². The molecule has 177 valence electrons. The molecule has 0 heterocycles. The van der Waals surface area contributed by atoms with Crippen LogP contribution in [0.25, 0.3) is 0 Å². The second-order valence-corrected chi connectivity index (χ2v) is 9.43. The Morgan fingerprint density at radius 1 is 0.938 bits per heavy atom. The van der Waals surface area contributed by atoms with Crippen LogP contribution in [-0.4, -0.2) is 87.0 Å². The maximum absolute atomic E-state index is 13.0. The molecule has 2 N–H and O–H groups in total. The summed E-state index contributed by atoms with van der Waals surface area (Å²) in [6.45, 7) is 6.19. The zero-order chi connectivity index (χ0) is 23.5. The fourth-order valence-corrected chi connectivity index (χ4v) is 4.39. The zero-order valence-corrected chi connectivity index (χ0v) is 23.8. The molecule has 7 nitrogen and oxygen atoms in total. The second-order valence-electron chi connectivity index (χ2n) is 8.04. The predicted molar refractivity (Wildman–Crippen MR) is 125 cm³/mol. The van der Waals surface area contributed by atoms with Crippen LogP contribution in [0.3, 0.4) is 0 Å². The van der Waals surface area contributed by atoms with E-state index in [1.807, 2.05) is 6.92 Å². The normalized spacial score (nSPS) is 11.6. The van der Waals surface area contributed by atoms with Crippen LogP contribution in [0.4, 0.5) is 0 Å². The van der Waals surface area contributed by atoms with Gasteiger partial charge in [0.2, 0.25) is 0 Å². The summed E-state index contributed by atoms with van der Waals surface area (Å²) in [6.07, 6.45) is 10.1. The summed E-state index contributed by atoms with van der Waals surface area (Å²) in [4.78, 5) is 23.4. The van der Waals surface area contributed by atoms with Crippen LogP contribution in [-0.2, 0) is 14.9 Å². The van der Waals surface area contributed by atoms with E-state index in [1.165, 1.54) is 0 Å².